The van der Waals surface area contributed by atoms with E-state index in [1.807, 2.05) is 0 Å². The maximum absolute atomic E-state index is 11.5. The van der Waals surface area contributed by atoms with Crippen molar-refractivity contribution in [2.24, 2.45) is 0 Å². The van der Waals surface area contributed by atoms with E-state index in [0.29, 0.717) is 22.8 Å². The number of sulfone groups is 1. The molecule has 0 aliphatic rings. The van der Waals surface area contributed by atoms with E-state index >= 15 is 0 Å². The molecule has 21 heavy (non-hydrogen) atoms. The van der Waals surface area contributed by atoms with Crippen LogP contribution in [0, 0.1) is 0 Å². The van der Waals surface area contributed by atoms with Gasteiger partial charge in [0, 0.05) is 17.5 Å². The highest BCUT2D eigenvalue weighted by molar-refractivity contribution is 8.15. The number of rotatable bonds is 6. The van der Waals surface area contributed by atoms with E-state index in [4.69, 9.17) is 14.2 Å². The minimum absolute atomic E-state index is 0.200. The molecule has 0 radical (unpaired) electrons. The van der Waals surface area contributed by atoms with Crippen LogP contribution in [-0.2, 0) is 20.1 Å². The van der Waals surface area contributed by atoms with Crippen molar-refractivity contribution in [2.75, 3.05) is 21.3 Å². The molecule has 7 nitrogen and oxygen atoms in total. The van der Waals surface area contributed by atoms with Crippen LogP contribution in [0.3, 0.4) is 0 Å². The van der Waals surface area contributed by atoms with Crippen molar-refractivity contribution in [1.29, 1.82) is 0 Å². The molecule has 0 bridgehead atoms. The van der Waals surface area contributed by atoms with Crippen LogP contribution in [-0.4, -0.2) is 42.9 Å². The van der Waals surface area contributed by atoms with Crippen molar-refractivity contribution >= 4 is 30.9 Å². The number of ether oxygens (including phenoxy) is 3. The number of benzene rings is 1. The second kappa shape index (κ2) is 7.14. The van der Waals surface area contributed by atoms with Crippen molar-refractivity contribution in [1.82, 2.24) is 0 Å². The van der Waals surface area contributed by atoms with Crippen molar-refractivity contribution in [3.05, 3.63) is 23.1 Å². The Balaban J connectivity index is 3.40. The van der Waals surface area contributed by atoms with Crippen molar-refractivity contribution in [3.63, 3.8) is 0 Å². The Morgan fingerprint density at radius 3 is 1.90 bits per heavy atom. The Hall–Kier alpha value is -2.00. The van der Waals surface area contributed by atoms with Crippen LogP contribution < -0.4 is 14.2 Å². The van der Waals surface area contributed by atoms with Crippen LogP contribution in [0.15, 0.2) is 17.5 Å². The molecule has 9 heteroatoms. The van der Waals surface area contributed by atoms with E-state index in [-0.39, 0.29) is 4.70 Å². The maximum atomic E-state index is 11.5. The summed E-state index contributed by atoms with van der Waals surface area (Å²) in [6.07, 6.45) is 1.19. The highest BCUT2D eigenvalue weighted by atomic mass is 32.2. The first-order valence-corrected chi connectivity index (χ1v) is 8.24. The molecule has 0 aliphatic heterocycles. The van der Waals surface area contributed by atoms with Crippen LogP contribution in [0.25, 0.3) is 6.08 Å². The van der Waals surface area contributed by atoms with Gasteiger partial charge in [0.15, 0.2) is 4.70 Å². The molecule has 116 valence electrons. The van der Waals surface area contributed by atoms with Crippen molar-refractivity contribution < 1.29 is 31.0 Å². The zero-order valence-electron chi connectivity index (χ0n) is 11.6. The van der Waals surface area contributed by atoms with Gasteiger partial charge in [-0.05, 0) is 6.08 Å². The lowest BCUT2D eigenvalue weighted by molar-refractivity contribution is 0.374. The van der Waals surface area contributed by atoms with Crippen LogP contribution in [0.2, 0.25) is 0 Å². The normalized spacial score (nSPS) is 11.2. The van der Waals surface area contributed by atoms with E-state index in [2.05, 4.69) is 0 Å². The lowest BCUT2D eigenvalue weighted by Gasteiger charge is -2.12. The summed E-state index contributed by atoms with van der Waals surface area (Å²) in [5, 5.41) is 0.746. The van der Waals surface area contributed by atoms with E-state index in [1.165, 1.54) is 27.4 Å². The standard InChI is InChI=1S/C12H14O7S2/c1-17-9-6-11(18-2)10(12(7-9)19-3)4-5-21(15,16)8-20(13)14/h4-8H,1-3H3. The molecule has 0 fully saturated rings. The van der Waals surface area contributed by atoms with E-state index in [0.717, 1.165) is 5.41 Å². The Labute approximate surface area is 124 Å². The van der Waals surface area contributed by atoms with Gasteiger partial charge in [-0.1, -0.05) is 0 Å². The molecular formula is C12H14O7S2. The average molecular weight is 334 g/mol. The first-order chi connectivity index (χ1) is 9.82. The zero-order chi connectivity index (χ0) is 16.0. The quantitative estimate of drug-likeness (QED) is 0.708. The van der Waals surface area contributed by atoms with Gasteiger partial charge in [-0.25, -0.2) is 8.42 Å². The van der Waals surface area contributed by atoms with E-state index < -0.39 is 20.1 Å². The third-order valence-electron chi connectivity index (χ3n) is 2.39. The van der Waals surface area contributed by atoms with Gasteiger partial charge in [0.1, 0.15) is 17.2 Å². The maximum Gasteiger partial charge on any atom is 0.226 e. The summed E-state index contributed by atoms with van der Waals surface area (Å²) in [7, 11) is -2.55. The van der Waals surface area contributed by atoms with Gasteiger partial charge in [-0.15, -0.1) is 0 Å². The summed E-state index contributed by atoms with van der Waals surface area (Å²) >= 11 is 0. The third-order valence-corrected chi connectivity index (χ3v) is 4.61. The fraction of sp³-hybridized carbons (Fsp3) is 0.250. The minimum Gasteiger partial charge on any atom is -0.496 e. The number of hydrogen-bond donors (Lipinski definition) is 0. The lowest BCUT2D eigenvalue weighted by atomic mass is 10.1. The molecule has 0 saturated carbocycles. The molecule has 0 N–H and O–H groups in total. The van der Waals surface area contributed by atoms with Crippen molar-refractivity contribution in [3.8, 4) is 17.2 Å². The second-order valence-electron chi connectivity index (χ2n) is 3.69. The summed E-state index contributed by atoms with van der Waals surface area (Å²) in [6, 6.07) is 3.09. The van der Waals surface area contributed by atoms with Gasteiger partial charge in [0.2, 0.25) is 20.1 Å². The summed E-state index contributed by atoms with van der Waals surface area (Å²) < 4.78 is 59.4. The van der Waals surface area contributed by atoms with Gasteiger partial charge in [-0.2, -0.15) is 8.42 Å². The predicted molar refractivity (Wildman–Crippen MR) is 79.0 cm³/mol. The highest BCUT2D eigenvalue weighted by Gasteiger charge is 2.12. The molecule has 0 atom stereocenters. The van der Waals surface area contributed by atoms with Gasteiger partial charge in [0.25, 0.3) is 0 Å². The summed E-state index contributed by atoms with van der Waals surface area (Å²) in [4.78, 5) is 0. The highest BCUT2D eigenvalue weighted by Crippen LogP contribution is 2.35. The molecule has 1 rings (SSSR count). The van der Waals surface area contributed by atoms with Crippen LogP contribution in [0.5, 0.6) is 17.2 Å². The molecule has 0 spiro atoms. The topological polar surface area (TPSA) is 96.0 Å². The third kappa shape index (κ3) is 4.80. The van der Waals surface area contributed by atoms with Gasteiger partial charge in [-0.3, -0.25) is 0 Å². The Bertz CT molecular complexity index is 741. The average Bonchev–Trinajstić information content (AvgIpc) is 2.42. The summed E-state index contributed by atoms with van der Waals surface area (Å²) in [5.74, 6) is 1.11. The molecule has 0 saturated heterocycles. The first-order valence-electron chi connectivity index (χ1n) is 5.49. The van der Waals surface area contributed by atoms with Crippen molar-refractivity contribution in [2.45, 2.75) is 0 Å². The predicted octanol–water partition coefficient (Wildman–Crippen LogP) is 0.737. The van der Waals surface area contributed by atoms with Crippen LogP contribution >= 0.6 is 0 Å². The van der Waals surface area contributed by atoms with Crippen LogP contribution in [0.4, 0.5) is 0 Å². The molecular weight excluding hydrogens is 320 g/mol. The Morgan fingerprint density at radius 2 is 1.52 bits per heavy atom. The van der Waals surface area contributed by atoms with Gasteiger partial charge >= 0.3 is 0 Å². The number of methoxy groups -OCH3 is 3. The van der Waals surface area contributed by atoms with Gasteiger partial charge < -0.3 is 14.2 Å². The lowest BCUT2D eigenvalue weighted by Crippen LogP contribution is -1.98. The fourth-order valence-electron chi connectivity index (χ4n) is 1.50. The molecule has 0 aliphatic carbocycles. The minimum atomic E-state index is -4.01. The smallest absolute Gasteiger partial charge is 0.226 e. The Kier molecular flexibility index (Phi) is 5.79. The molecule has 0 unspecified atom stereocenters. The molecule has 0 heterocycles. The Morgan fingerprint density at radius 1 is 1.00 bits per heavy atom. The summed E-state index contributed by atoms with van der Waals surface area (Å²) in [6.45, 7) is 0. The second-order valence-corrected chi connectivity index (χ2v) is 6.44. The molecule has 1 aromatic rings. The monoisotopic (exact) mass is 334 g/mol. The summed E-state index contributed by atoms with van der Waals surface area (Å²) in [5.41, 5.74) is 0.342. The SMILES string of the molecule is COc1cc(OC)c(C=CS(=O)(=O)C=S(=O)=O)c(OC)c1. The fourth-order valence-corrected chi connectivity index (χ4v) is 2.96. The molecule has 1 aromatic carbocycles. The zero-order valence-corrected chi connectivity index (χ0v) is 13.2. The largest absolute Gasteiger partial charge is 0.496 e. The van der Waals surface area contributed by atoms with E-state index in [1.54, 1.807) is 12.1 Å². The number of hydrogen-bond acceptors (Lipinski definition) is 7. The van der Waals surface area contributed by atoms with Crippen LogP contribution in [0.1, 0.15) is 5.56 Å². The molecule has 0 amide bonds. The van der Waals surface area contributed by atoms with Gasteiger partial charge in [0.05, 0.1) is 26.9 Å². The molecule has 0 aromatic heterocycles. The first kappa shape index (κ1) is 17.1. The van der Waals surface area contributed by atoms with E-state index in [9.17, 15) is 16.8 Å².